The number of aliphatic hydroxyl groups is 1. The lowest BCUT2D eigenvalue weighted by Gasteiger charge is -2.33. The van der Waals surface area contributed by atoms with E-state index in [1.165, 1.54) is 11.3 Å². The molecule has 1 unspecified atom stereocenters. The summed E-state index contributed by atoms with van der Waals surface area (Å²) >= 11 is 6.18. The quantitative estimate of drug-likeness (QED) is 0.174. The van der Waals surface area contributed by atoms with Crippen molar-refractivity contribution in [2.45, 2.75) is 32.8 Å². The summed E-state index contributed by atoms with van der Waals surface area (Å²) in [4.78, 5) is 15.9. The zero-order valence-electron chi connectivity index (χ0n) is 19.7. The third-order valence-electron chi connectivity index (χ3n) is 6.36. The summed E-state index contributed by atoms with van der Waals surface area (Å²) in [6.45, 7) is 7.37. The van der Waals surface area contributed by atoms with E-state index in [0.29, 0.717) is 23.1 Å². The molecule has 2 heterocycles. The van der Waals surface area contributed by atoms with E-state index >= 15 is 0 Å². The number of hydrogen-bond acceptors (Lipinski definition) is 8. The van der Waals surface area contributed by atoms with Crippen LogP contribution in [0.25, 0.3) is 0 Å². The Hall–Kier alpha value is -2.43. The molecule has 34 heavy (non-hydrogen) atoms. The van der Waals surface area contributed by atoms with E-state index in [1.807, 2.05) is 23.1 Å². The van der Waals surface area contributed by atoms with Crippen LogP contribution in [0.4, 0.5) is 0 Å². The van der Waals surface area contributed by atoms with Crippen molar-refractivity contribution in [3.63, 3.8) is 0 Å². The summed E-state index contributed by atoms with van der Waals surface area (Å²) in [6.07, 6.45) is 10.8. The van der Waals surface area contributed by atoms with Gasteiger partial charge in [-0.25, -0.2) is 10.6 Å². The Balaban J connectivity index is 0.000000215. The van der Waals surface area contributed by atoms with Gasteiger partial charge in [0.1, 0.15) is 12.9 Å². The molecule has 3 aliphatic rings. The smallest absolute Gasteiger partial charge is 0.340 e. The van der Waals surface area contributed by atoms with Gasteiger partial charge in [-0.3, -0.25) is 9.91 Å². The summed E-state index contributed by atoms with van der Waals surface area (Å²) in [6, 6.07) is 3.90. The minimum atomic E-state index is -0.318. The van der Waals surface area contributed by atoms with Gasteiger partial charge in [0.05, 0.1) is 23.0 Å². The van der Waals surface area contributed by atoms with Crippen molar-refractivity contribution >= 4 is 23.9 Å². The van der Waals surface area contributed by atoms with Gasteiger partial charge in [-0.05, 0) is 42.9 Å². The number of carbonyl (C=O) groups excluding carboxylic acids is 1. The summed E-state index contributed by atoms with van der Waals surface area (Å²) in [5.41, 5.74) is 3.50. The number of halogens is 1. The van der Waals surface area contributed by atoms with Gasteiger partial charge >= 0.3 is 5.97 Å². The molecule has 0 bridgehead atoms. The van der Waals surface area contributed by atoms with Crippen LogP contribution in [0.15, 0.2) is 41.2 Å². The predicted molar refractivity (Wildman–Crippen MR) is 134 cm³/mol. The highest BCUT2D eigenvalue weighted by Gasteiger charge is 2.25. The van der Waals surface area contributed by atoms with Crippen LogP contribution in [0.2, 0.25) is 5.02 Å². The number of nitrogens with two attached hydrogens (primary N) is 2. The number of fused-ring (bicyclic) bond motifs is 1. The van der Waals surface area contributed by atoms with Crippen LogP contribution in [-0.2, 0) is 17.8 Å². The van der Waals surface area contributed by atoms with Crippen LogP contribution in [-0.4, -0.2) is 71.7 Å². The van der Waals surface area contributed by atoms with Crippen molar-refractivity contribution in [2.24, 2.45) is 22.7 Å². The number of aliphatic hydroxyl groups excluding tert-OH is 1. The maximum Gasteiger partial charge on any atom is 0.340 e. The average Bonchev–Trinajstić information content (AvgIpc) is 3.24. The number of allylic oxidation sites excluding steroid dienone is 3. The van der Waals surface area contributed by atoms with Gasteiger partial charge in [0.15, 0.2) is 0 Å². The van der Waals surface area contributed by atoms with E-state index < -0.39 is 0 Å². The normalized spacial score (nSPS) is 20.5. The maximum absolute atomic E-state index is 11.5. The minimum absolute atomic E-state index is 0.141. The van der Waals surface area contributed by atoms with Gasteiger partial charge in [-0.1, -0.05) is 36.7 Å². The van der Waals surface area contributed by atoms with E-state index in [-0.39, 0.29) is 12.7 Å². The molecule has 1 atom stereocenters. The number of carbonyl (C=O) groups is 1. The molecule has 2 aliphatic heterocycles. The summed E-state index contributed by atoms with van der Waals surface area (Å²) < 4.78 is 5.01. The fourth-order valence-corrected chi connectivity index (χ4v) is 4.49. The highest BCUT2D eigenvalue weighted by atomic mass is 35.5. The first kappa shape index (κ1) is 26.2. The van der Waals surface area contributed by atoms with E-state index in [9.17, 15) is 4.79 Å². The molecule has 10 heteroatoms. The first-order chi connectivity index (χ1) is 16.4. The summed E-state index contributed by atoms with van der Waals surface area (Å²) in [5, 5.41) is 14.3. The lowest BCUT2D eigenvalue weighted by Crippen LogP contribution is -2.47. The first-order valence-electron chi connectivity index (χ1n) is 11.6. The van der Waals surface area contributed by atoms with Gasteiger partial charge in [-0.15, -0.1) is 0 Å². The molecule has 0 spiro atoms. The number of hydrazine groups is 1. The van der Waals surface area contributed by atoms with Crippen molar-refractivity contribution in [3.05, 3.63) is 57.8 Å². The molecule has 1 fully saturated rings. The van der Waals surface area contributed by atoms with Crippen molar-refractivity contribution in [3.8, 4) is 0 Å². The highest BCUT2D eigenvalue weighted by Crippen LogP contribution is 2.29. The molecular weight excluding hydrogens is 456 g/mol. The third-order valence-corrected chi connectivity index (χ3v) is 6.66. The number of esters is 1. The van der Waals surface area contributed by atoms with E-state index in [2.05, 4.69) is 29.1 Å². The van der Waals surface area contributed by atoms with Crippen LogP contribution < -0.4 is 11.7 Å². The number of benzene rings is 1. The van der Waals surface area contributed by atoms with E-state index in [1.54, 1.807) is 0 Å². The number of nitrogens with zero attached hydrogens (tertiary/aromatic N) is 4. The van der Waals surface area contributed by atoms with Gasteiger partial charge in [0.2, 0.25) is 0 Å². The Morgan fingerprint density at radius 3 is 2.65 bits per heavy atom. The molecule has 186 valence electrons. The Morgan fingerprint density at radius 2 is 2.03 bits per heavy atom. The molecule has 5 N–H and O–H groups in total. The zero-order chi connectivity index (χ0) is 24.5. The topological polar surface area (TPSA) is 121 Å². The molecule has 0 radical (unpaired) electrons. The molecule has 0 amide bonds. The number of cyclic esters (lactones) is 1. The highest BCUT2D eigenvalue weighted by molar-refractivity contribution is 6.34. The van der Waals surface area contributed by atoms with Gasteiger partial charge in [0, 0.05) is 38.3 Å². The van der Waals surface area contributed by atoms with E-state index in [0.717, 1.165) is 68.8 Å². The molecule has 0 aromatic heterocycles. The molecule has 9 nitrogen and oxygen atoms in total. The first-order valence-corrected chi connectivity index (χ1v) is 12.0. The third kappa shape index (κ3) is 7.04. The number of hydrazone groups is 1. The van der Waals surface area contributed by atoms with E-state index in [4.69, 9.17) is 33.1 Å². The average molecular weight is 491 g/mol. The van der Waals surface area contributed by atoms with Gasteiger partial charge in [-0.2, -0.15) is 5.10 Å². The Morgan fingerprint density at radius 1 is 1.29 bits per heavy atom. The van der Waals surface area contributed by atoms with Gasteiger partial charge in [0.25, 0.3) is 0 Å². The van der Waals surface area contributed by atoms with Crippen molar-refractivity contribution < 1.29 is 14.6 Å². The fraction of sp³-hybridized carbons (Fsp3) is 0.500. The van der Waals surface area contributed by atoms with Crippen LogP contribution >= 0.6 is 11.6 Å². The zero-order valence-corrected chi connectivity index (χ0v) is 20.5. The van der Waals surface area contributed by atoms with Crippen molar-refractivity contribution in [1.82, 2.24) is 14.8 Å². The van der Waals surface area contributed by atoms with Gasteiger partial charge < -0.3 is 20.6 Å². The summed E-state index contributed by atoms with van der Waals surface area (Å²) in [5.74, 6) is 10.9. The number of rotatable bonds is 7. The standard InChI is InChI=1S/C15H19ClN2O3.C9H16N4/c16-13-8-11(7-12-9-21-15(20)14(12)13)1-2-17-3-5-18(10-19)6-4-17;1-2-8-3-5-9(6-4-8)13(11)7-12-10/h7-8,19H,1-6,9-10H2;3,5-8H,2,4,10-11H2,1H3/b;12-7-. The maximum atomic E-state index is 11.5. The van der Waals surface area contributed by atoms with Crippen molar-refractivity contribution in [2.75, 3.05) is 39.5 Å². The Labute approximate surface area is 206 Å². The molecule has 1 aromatic carbocycles. The second-order valence-corrected chi connectivity index (χ2v) is 9.01. The lowest BCUT2D eigenvalue weighted by atomic mass is 9.97. The molecule has 1 saturated heterocycles. The lowest BCUT2D eigenvalue weighted by molar-refractivity contribution is 0.0535. The fourth-order valence-electron chi connectivity index (χ4n) is 4.16. The molecule has 0 saturated carbocycles. The monoisotopic (exact) mass is 490 g/mol. The number of hydrogen-bond donors (Lipinski definition) is 3. The SMILES string of the molecule is CCC1C=CC(N(N)/C=N\N)=CC1.O=C1OCc2cc(CCN3CCN(CO)CC3)cc(Cl)c21. The second kappa shape index (κ2) is 12.9. The van der Waals surface area contributed by atoms with Crippen LogP contribution in [0.5, 0.6) is 0 Å². The molecule has 1 aromatic rings. The van der Waals surface area contributed by atoms with Crippen LogP contribution in [0.3, 0.4) is 0 Å². The molecule has 4 rings (SSSR count). The second-order valence-electron chi connectivity index (χ2n) is 8.60. The van der Waals surface area contributed by atoms with Crippen LogP contribution in [0.1, 0.15) is 41.3 Å². The Kier molecular flexibility index (Phi) is 9.91. The largest absolute Gasteiger partial charge is 0.457 e. The summed E-state index contributed by atoms with van der Waals surface area (Å²) in [7, 11) is 0. The Bertz CT molecular complexity index is 928. The number of piperazine rings is 1. The van der Waals surface area contributed by atoms with Crippen LogP contribution in [0, 0.1) is 5.92 Å². The molecular formula is C24H35ClN6O3. The predicted octanol–water partition coefficient (Wildman–Crippen LogP) is 2.05. The van der Waals surface area contributed by atoms with Crippen molar-refractivity contribution in [1.29, 1.82) is 0 Å². The number of ether oxygens (including phenoxy) is 1. The molecule has 1 aliphatic carbocycles. The minimum Gasteiger partial charge on any atom is -0.457 e.